The Balaban J connectivity index is 2.11. The van der Waals surface area contributed by atoms with Crippen LogP contribution in [-0.4, -0.2) is 16.6 Å². The Morgan fingerprint density at radius 2 is 2.17 bits per heavy atom. The molecular weight excluding hydrogens is 226 g/mol. The van der Waals surface area contributed by atoms with Crippen molar-refractivity contribution in [2.24, 2.45) is 0 Å². The number of aromatic nitrogens is 2. The number of nitrogen functional groups attached to an aromatic ring is 1. The molecule has 0 aliphatic carbocycles. The Morgan fingerprint density at radius 3 is 3.00 bits per heavy atom. The maximum absolute atomic E-state index is 5.99. The normalized spacial score (nSPS) is 14.3. The van der Waals surface area contributed by atoms with E-state index in [1.165, 1.54) is 5.56 Å². The molecular formula is C14H15N3O. The SMILES string of the molecule is Cc1cccc(-c2nc(N)c3c(n2)CCOC3)c1. The summed E-state index contributed by atoms with van der Waals surface area (Å²) in [4.78, 5) is 9.00. The van der Waals surface area contributed by atoms with Crippen LogP contribution in [0.2, 0.25) is 0 Å². The summed E-state index contributed by atoms with van der Waals surface area (Å²) in [5.41, 5.74) is 10.1. The average molecular weight is 241 g/mol. The fraction of sp³-hybridized carbons (Fsp3) is 0.286. The summed E-state index contributed by atoms with van der Waals surface area (Å²) >= 11 is 0. The Morgan fingerprint density at radius 1 is 1.28 bits per heavy atom. The molecule has 0 amide bonds. The maximum Gasteiger partial charge on any atom is 0.161 e. The predicted octanol–water partition coefficient (Wildman–Crippen LogP) is 2.11. The van der Waals surface area contributed by atoms with Gasteiger partial charge in [0, 0.05) is 17.5 Å². The number of aryl methyl sites for hydroxylation is 1. The number of nitrogens with zero attached hydrogens (tertiary/aromatic N) is 2. The van der Waals surface area contributed by atoms with E-state index in [4.69, 9.17) is 10.5 Å². The number of benzene rings is 1. The summed E-state index contributed by atoms with van der Waals surface area (Å²) in [6.07, 6.45) is 0.806. The van der Waals surface area contributed by atoms with E-state index in [1.807, 2.05) is 12.1 Å². The lowest BCUT2D eigenvalue weighted by atomic mass is 10.1. The van der Waals surface area contributed by atoms with Crippen LogP contribution in [0.1, 0.15) is 16.8 Å². The van der Waals surface area contributed by atoms with Crippen LogP contribution in [-0.2, 0) is 17.8 Å². The number of anilines is 1. The number of ether oxygens (including phenoxy) is 1. The van der Waals surface area contributed by atoms with Crippen molar-refractivity contribution in [2.75, 3.05) is 12.3 Å². The van der Waals surface area contributed by atoms with Gasteiger partial charge in [0.1, 0.15) is 5.82 Å². The van der Waals surface area contributed by atoms with Gasteiger partial charge in [0.15, 0.2) is 5.82 Å². The molecule has 18 heavy (non-hydrogen) atoms. The van der Waals surface area contributed by atoms with Crippen molar-refractivity contribution in [1.29, 1.82) is 0 Å². The van der Waals surface area contributed by atoms with E-state index >= 15 is 0 Å². The fourth-order valence-corrected chi connectivity index (χ4v) is 2.17. The van der Waals surface area contributed by atoms with Crippen LogP contribution in [0.25, 0.3) is 11.4 Å². The van der Waals surface area contributed by atoms with Crippen molar-refractivity contribution in [3.8, 4) is 11.4 Å². The van der Waals surface area contributed by atoms with Crippen LogP contribution in [0.3, 0.4) is 0 Å². The maximum atomic E-state index is 5.99. The molecule has 0 atom stereocenters. The lowest BCUT2D eigenvalue weighted by molar-refractivity contribution is 0.109. The van der Waals surface area contributed by atoms with E-state index in [1.54, 1.807) is 0 Å². The topological polar surface area (TPSA) is 61.0 Å². The zero-order valence-corrected chi connectivity index (χ0v) is 10.3. The molecule has 1 aromatic carbocycles. The highest BCUT2D eigenvalue weighted by Gasteiger charge is 2.17. The minimum absolute atomic E-state index is 0.523. The van der Waals surface area contributed by atoms with Gasteiger partial charge in [-0.15, -0.1) is 0 Å². The third-order valence-electron chi connectivity index (χ3n) is 3.13. The molecule has 0 saturated heterocycles. The minimum Gasteiger partial charge on any atom is -0.383 e. The lowest BCUT2D eigenvalue weighted by Gasteiger charge is -2.17. The second-order valence-electron chi connectivity index (χ2n) is 4.53. The highest BCUT2D eigenvalue weighted by Crippen LogP contribution is 2.24. The molecule has 4 nitrogen and oxygen atoms in total. The monoisotopic (exact) mass is 241 g/mol. The average Bonchev–Trinajstić information content (AvgIpc) is 2.39. The van der Waals surface area contributed by atoms with Crippen LogP contribution in [0.15, 0.2) is 24.3 Å². The van der Waals surface area contributed by atoms with Gasteiger partial charge in [-0.3, -0.25) is 0 Å². The number of hydrogen-bond acceptors (Lipinski definition) is 4. The Hall–Kier alpha value is -1.94. The molecule has 0 radical (unpaired) electrons. The molecule has 3 rings (SSSR count). The zero-order valence-electron chi connectivity index (χ0n) is 10.3. The smallest absolute Gasteiger partial charge is 0.161 e. The van der Waals surface area contributed by atoms with E-state index in [9.17, 15) is 0 Å². The fourth-order valence-electron chi connectivity index (χ4n) is 2.17. The molecule has 92 valence electrons. The van der Waals surface area contributed by atoms with E-state index in [2.05, 4.69) is 29.0 Å². The minimum atomic E-state index is 0.523. The van der Waals surface area contributed by atoms with E-state index in [0.29, 0.717) is 24.9 Å². The van der Waals surface area contributed by atoms with Crippen molar-refractivity contribution >= 4 is 5.82 Å². The number of nitrogens with two attached hydrogens (primary N) is 1. The molecule has 2 heterocycles. The second-order valence-corrected chi connectivity index (χ2v) is 4.53. The molecule has 0 fully saturated rings. The van der Waals surface area contributed by atoms with Gasteiger partial charge in [-0.2, -0.15) is 0 Å². The molecule has 0 bridgehead atoms. The van der Waals surface area contributed by atoms with Gasteiger partial charge in [0.05, 0.1) is 18.9 Å². The Kier molecular flexibility index (Phi) is 2.72. The first-order chi connectivity index (χ1) is 8.74. The van der Waals surface area contributed by atoms with E-state index < -0.39 is 0 Å². The molecule has 4 heteroatoms. The van der Waals surface area contributed by atoms with E-state index in [-0.39, 0.29) is 0 Å². The third kappa shape index (κ3) is 1.95. The first kappa shape index (κ1) is 11.2. The highest BCUT2D eigenvalue weighted by molar-refractivity contribution is 5.59. The van der Waals surface area contributed by atoms with Crippen LogP contribution in [0.4, 0.5) is 5.82 Å². The van der Waals surface area contributed by atoms with Crippen molar-refractivity contribution < 1.29 is 4.74 Å². The number of rotatable bonds is 1. The molecule has 2 aromatic rings. The van der Waals surface area contributed by atoms with Gasteiger partial charge in [-0.1, -0.05) is 23.8 Å². The third-order valence-corrected chi connectivity index (χ3v) is 3.13. The quantitative estimate of drug-likeness (QED) is 0.830. The Labute approximate surface area is 106 Å². The highest BCUT2D eigenvalue weighted by atomic mass is 16.5. The lowest BCUT2D eigenvalue weighted by Crippen LogP contribution is -2.16. The molecule has 0 saturated carbocycles. The summed E-state index contributed by atoms with van der Waals surface area (Å²) in [6, 6.07) is 8.14. The molecule has 0 spiro atoms. The van der Waals surface area contributed by atoms with Gasteiger partial charge < -0.3 is 10.5 Å². The molecule has 2 N–H and O–H groups in total. The van der Waals surface area contributed by atoms with Gasteiger partial charge in [-0.05, 0) is 13.0 Å². The second kappa shape index (κ2) is 4.38. The van der Waals surface area contributed by atoms with Crippen molar-refractivity contribution in [3.63, 3.8) is 0 Å². The summed E-state index contributed by atoms with van der Waals surface area (Å²) in [7, 11) is 0. The van der Waals surface area contributed by atoms with Crippen LogP contribution in [0.5, 0.6) is 0 Å². The summed E-state index contributed by atoms with van der Waals surface area (Å²) in [5, 5.41) is 0. The molecule has 1 aliphatic heterocycles. The first-order valence-electron chi connectivity index (χ1n) is 6.04. The van der Waals surface area contributed by atoms with Crippen molar-refractivity contribution in [1.82, 2.24) is 9.97 Å². The van der Waals surface area contributed by atoms with Gasteiger partial charge in [0.2, 0.25) is 0 Å². The largest absolute Gasteiger partial charge is 0.383 e. The zero-order chi connectivity index (χ0) is 12.5. The molecule has 1 aromatic heterocycles. The van der Waals surface area contributed by atoms with Gasteiger partial charge in [-0.25, -0.2) is 9.97 Å². The van der Waals surface area contributed by atoms with Gasteiger partial charge >= 0.3 is 0 Å². The molecule has 1 aliphatic rings. The van der Waals surface area contributed by atoms with Crippen LogP contribution in [0, 0.1) is 6.92 Å². The number of hydrogen-bond donors (Lipinski definition) is 1. The van der Waals surface area contributed by atoms with Crippen molar-refractivity contribution in [2.45, 2.75) is 20.0 Å². The van der Waals surface area contributed by atoms with E-state index in [0.717, 1.165) is 23.2 Å². The summed E-state index contributed by atoms with van der Waals surface area (Å²) in [5.74, 6) is 1.24. The van der Waals surface area contributed by atoms with Crippen molar-refractivity contribution in [3.05, 3.63) is 41.1 Å². The van der Waals surface area contributed by atoms with Crippen LogP contribution < -0.4 is 5.73 Å². The van der Waals surface area contributed by atoms with Gasteiger partial charge in [0.25, 0.3) is 0 Å². The Bertz CT molecular complexity index is 596. The number of fused-ring (bicyclic) bond motifs is 1. The molecule has 0 unspecified atom stereocenters. The predicted molar refractivity (Wildman–Crippen MR) is 70.0 cm³/mol. The summed E-state index contributed by atoms with van der Waals surface area (Å²) in [6.45, 7) is 3.28. The summed E-state index contributed by atoms with van der Waals surface area (Å²) < 4.78 is 5.38. The first-order valence-corrected chi connectivity index (χ1v) is 6.04. The van der Waals surface area contributed by atoms with Crippen LogP contribution >= 0.6 is 0 Å². The standard InChI is InChI=1S/C14H15N3O/c1-9-3-2-4-10(7-9)14-16-12-5-6-18-8-11(12)13(15)17-14/h2-4,7H,5-6,8H2,1H3,(H2,15,16,17).